The first-order valence-corrected chi connectivity index (χ1v) is 7.08. The van der Waals surface area contributed by atoms with E-state index in [1.54, 1.807) is 0 Å². The number of carbonyl (C=O) groups is 1. The standard InChI is InChI=1S/C14H25NO/c1-2-13-8-6-10-15(13)11-12-7-4-3-5-9-14(12)16/h12-13H,2-11H2,1H3. The molecule has 1 aliphatic heterocycles. The highest BCUT2D eigenvalue weighted by atomic mass is 16.1. The molecule has 0 aromatic rings. The largest absolute Gasteiger partial charge is 0.300 e. The molecule has 0 radical (unpaired) electrons. The fourth-order valence-electron chi connectivity index (χ4n) is 3.31. The van der Waals surface area contributed by atoms with Gasteiger partial charge in [0.2, 0.25) is 0 Å². The molecule has 1 heterocycles. The number of Topliss-reactive ketones (excluding diaryl/α,β-unsaturated/α-hetero) is 1. The molecule has 0 N–H and O–H groups in total. The molecular weight excluding hydrogens is 198 g/mol. The lowest BCUT2D eigenvalue weighted by atomic mass is 9.98. The maximum absolute atomic E-state index is 12.0. The van der Waals surface area contributed by atoms with Gasteiger partial charge in [0.25, 0.3) is 0 Å². The second-order valence-electron chi connectivity index (χ2n) is 5.46. The van der Waals surface area contributed by atoms with Crippen LogP contribution in [0.3, 0.4) is 0 Å². The molecule has 0 amide bonds. The Morgan fingerprint density at radius 1 is 1.19 bits per heavy atom. The van der Waals surface area contributed by atoms with Gasteiger partial charge in [0.1, 0.15) is 5.78 Å². The smallest absolute Gasteiger partial charge is 0.137 e. The van der Waals surface area contributed by atoms with Crippen LogP contribution in [0.25, 0.3) is 0 Å². The summed E-state index contributed by atoms with van der Waals surface area (Å²) in [6.45, 7) is 4.55. The average molecular weight is 223 g/mol. The molecule has 2 unspecified atom stereocenters. The molecule has 92 valence electrons. The number of likely N-dealkylation sites (tertiary alicyclic amines) is 1. The quantitative estimate of drug-likeness (QED) is 0.685. The van der Waals surface area contributed by atoms with Crippen molar-refractivity contribution in [2.75, 3.05) is 13.1 Å². The number of hydrogen-bond donors (Lipinski definition) is 0. The van der Waals surface area contributed by atoms with Crippen molar-refractivity contribution in [3.63, 3.8) is 0 Å². The van der Waals surface area contributed by atoms with Gasteiger partial charge in [-0.3, -0.25) is 9.69 Å². The van der Waals surface area contributed by atoms with Gasteiger partial charge >= 0.3 is 0 Å². The Morgan fingerprint density at radius 3 is 2.88 bits per heavy atom. The van der Waals surface area contributed by atoms with Gasteiger partial charge in [-0.05, 0) is 38.6 Å². The fourth-order valence-corrected chi connectivity index (χ4v) is 3.31. The van der Waals surface area contributed by atoms with Gasteiger partial charge in [-0.25, -0.2) is 0 Å². The Labute approximate surface area is 99.4 Å². The summed E-state index contributed by atoms with van der Waals surface area (Å²) in [5, 5.41) is 0. The van der Waals surface area contributed by atoms with E-state index in [0.29, 0.717) is 11.7 Å². The Hall–Kier alpha value is -0.370. The summed E-state index contributed by atoms with van der Waals surface area (Å²) in [6.07, 6.45) is 9.58. The molecule has 2 atom stereocenters. The summed E-state index contributed by atoms with van der Waals surface area (Å²) in [7, 11) is 0. The molecule has 2 rings (SSSR count). The molecule has 2 aliphatic rings. The lowest BCUT2D eigenvalue weighted by Crippen LogP contribution is -2.36. The molecule has 16 heavy (non-hydrogen) atoms. The maximum Gasteiger partial charge on any atom is 0.137 e. The van der Waals surface area contributed by atoms with Crippen LogP contribution in [0, 0.1) is 5.92 Å². The maximum atomic E-state index is 12.0. The number of nitrogens with zero attached hydrogens (tertiary/aromatic N) is 1. The minimum Gasteiger partial charge on any atom is -0.300 e. The molecule has 0 bridgehead atoms. The lowest BCUT2D eigenvalue weighted by molar-refractivity contribution is -0.123. The summed E-state index contributed by atoms with van der Waals surface area (Å²) in [6, 6.07) is 0.760. The first-order chi connectivity index (χ1) is 7.81. The number of hydrogen-bond acceptors (Lipinski definition) is 2. The predicted molar refractivity (Wildman–Crippen MR) is 66.5 cm³/mol. The Balaban J connectivity index is 1.89. The molecule has 2 nitrogen and oxygen atoms in total. The summed E-state index contributed by atoms with van der Waals surface area (Å²) in [5.74, 6) is 0.897. The van der Waals surface area contributed by atoms with E-state index >= 15 is 0 Å². The van der Waals surface area contributed by atoms with Gasteiger partial charge < -0.3 is 0 Å². The van der Waals surface area contributed by atoms with Crippen LogP contribution in [0.4, 0.5) is 0 Å². The first kappa shape index (κ1) is 12.1. The Bertz CT molecular complexity index is 239. The number of ketones is 1. The minimum absolute atomic E-state index is 0.356. The van der Waals surface area contributed by atoms with Crippen molar-refractivity contribution in [1.29, 1.82) is 0 Å². The van der Waals surface area contributed by atoms with Crippen molar-refractivity contribution in [1.82, 2.24) is 4.90 Å². The molecular formula is C14H25NO. The van der Waals surface area contributed by atoms with Gasteiger partial charge in [-0.1, -0.05) is 19.8 Å². The second-order valence-corrected chi connectivity index (χ2v) is 5.46. The van der Waals surface area contributed by atoms with Crippen molar-refractivity contribution < 1.29 is 4.79 Å². The third-order valence-corrected chi connectivity index (χ3v) is 4.36. The Morgan fingerprint density at radius 2 is 2.06 bits per heavy atom. The van der Waals surface area contributed by atoms with Crippen LogP contribution in [0.15, 0.2) is 0 Å². The monoisotopic (exact) mass is 223 g/mol. The van der Waals surface area contributed by atoms with E-state index in [9.17, 15) is 4.79 Å². The topological polar surface area (TPSA) is 20.3 Å². The van der Waals surface area contributed by atoms with E-state index in [1.807, 2.05) is 0 Å². The average Bonchev–Trinajstić information content (AvgIpc) is 2.64. The van der Waals surface area contributed by atoms with E-state index < -0.39 is 0 Å². The van der Waals surface area contributed by atoms with E-state index in [1.165, 1.54) is 38.6 Å². The lowest BCUT2D eigenvalue weighted by Gasteiger charge is -2.27. The molecule has 1 aliphatic carbocycles. The van der Waals surface area contributed by atoms with Crippen LogP contribution < -0.4 is 0 Å². The number of rotatable bonds is 3. The van der Waals surface area contributed by atoms with Crippen LogP contribution >= 0.6 is 0 Å². The number of carbonyl (C=O) groups excluding carboxylic acids is 1. The second kappa shape index (κ2) is 5.81. The van der Waals surface area contributed by atoms with Crippen molar-refractivity contribution >= 4 is 5.78 Å². The third kappa shape index (κ3) is 2.85. The molecule has 0 aromatic carbocycles. The summed E-state index contributed by atoms with van der Waals surface area (Å²) < 4.78 is 0. The Kier molecular flexibility index (Phi) is 4.39. The summed E-state index contributed by atoms with van der Waals surface area (Å²) in [4.78, 5) is 14.5. The third-order valence-electron chi connectivity index (χ3n) is 4.36. The highest BCUT2D eigenvalue weighted by Crippen LogP contribution is 2.26. The van der Waals surface area contributed by atoms with Crippen molar-refractivity contribution in [2.24, 2.45) is 5.92 Å². The molecule has 1 saturated carbocycles. The van der Waals surface area contributed by atoms with Crippen molar-refractivity contribution in [3.05, 3.63) is 0 Å². The summed E-state index contributed by atoms with van der Waals surface area (Å²) in [5.41, 5.74) is 0. The zero-order chi connectivity index (χ0) is 11.4. The fraction of sp³-hybridized carbons (Fsp3) is 0.929. The molecule has 0 aromatic heterocycles. The van der Waals surface area contributed by atoms with E-state index in [2.05, 4.69) is 11.8 Å². The van der Waals surface area contributed by atoms with Gasteiger partial charge in [-0.2, -0.15) is 0 Å². The predicted octanol–water partition coefficient (Wildman–Crippen LogP) is 3.01. The van der Waals surface area contributed by atoms with Gasteiger partial charge in [0.05, 0.1) is 0 Å². The first-order valence-electron chi connectivity index (χ1n) is 7.08. The van der Waals surface area contributed by atoms with Crippen LogP contribution in [0.2, 0.25) is 0 Å². The zero-order valence-corrected chi connectivity index (χ0v) is 10.6. The molecule has 2 fully saturated rings. The SMILES string of the molecule is CCC1CCCN1CC1CCCCCC1=O. The highest BCUT2D eigenvalue weighted by molar-refractivity contribution is 5.81. The van der Waals surface area contributed by atoms with Gasteiger partial charge in [0, 0.05) is 24.9 Å². The summed E-state index contributed by atoms with van der Waals surface area (Å²) >= 11 is 0. The molecule has 2 heteroatoms. The zero-order valence-electron chi connectivity index (χ0n) is 10.6. The van der Waals surface area contributed by atoms with E-state index in [-0.39, 0.29) is 0 Å². The van der Waals surface area contributed by atoms with Crippen LogP contribution in [-0.2, 0) is 4.79 Å². The van der Waals surface area contributed by atoms with E-state index in [0.717, 1.165) is 31.8 Å². The highest BCUT2D eigenvalue weighted by Gasteiger charge is 2.28. The normalized spacial score (nSPS) is 32.9. The van der Waals surface area contributed by atoms with Crippen LogP contribution in [0.5, 0.6) is 0 Å². The van der Waals surface area contributed by atoms with Crippen LogP contribution in [-0.4, -0.2) is 29.8 Å². The van der Waals surface area contributed by atoms with Crippen molar-refractivity contribution in [3.8, 4) is 0 Å². The minimum atomic E-state index is 0.356. The van der Waals surface area contributed by atoms with E-state index in [4.69, 9.17) is 0 Å². The van der Waals surface area contributed by atoms with Gasteiger partial charge in [0.15, 0.2) is 0 Å². The van der Waals surface area contributed by atoms with Gasteiger partial charge in [-0.15, -0.1) is 0 Å². The molecule has 1 saturated heterocycles. The van der Waals surface area contributed by atoms with Crippen molar-refractivity contribution in [2.45, 2.75) is 64.3 Å². The molecule has 0 spiro atoms. The van der Waals surface area contributed by atoms with Crippen LogP contribution in [0.1, 0.15) is 58.3 Å².